The van der Waals surface area contributed by atoms with Crippen LogP contribution in [0.2, 0.25) is 0 Å². The standard InChI is InChI=1S/C16H22FNO5S/c17-13-4-6-15(7-5-13)24(20,21)10-8-18-16(19)12-22-11-14-3-1-2-9-23-14/h4-7,14H,1-3,8-12H2,(H,18,19)/t14-/m0/s1. The second kappa shape index (κ2) is 9.10. The molecule has 6 nitrogen and oxygen atoms in total. The van der Waals surface area contributed by atoms with Crippen LogP contribution in [0, 0.1) is 5.82 Å². The van der Waals surface area contributed by atoms with Gasteiger partial charge in [0.15, 0.2) is 9.84 Å². The molecule has 1 aromatic rings. The maximum absolute atomic E-state index is 12.8. The smallest absolute Gasteiger partial charge is 0.246 e. The van der Waals surface area contributed by atoms with Crippen LogP contribution >= 0.6 is 0 Å². The van der Waals surface area contributed by atoms with Crippen LogP contribution in [-0.4, -0.2) is 52.5 Å². The highest BCUT2D eigenvalue weighted by atomic mass is 32.2. The van der Waals surface area contributed by atoms with Gasteiger partial charge in [-0.15, -0.1) is 0 Å². The molecule has 134 valence electrons. The average molecular weight is 359 g/mol. The fourth-order valence-corrected chi connectivity index (χ4v) is 3.51. The monoisotopic (exact) mass is 359 g/mol. The van der Waals surface area contributed by atoms with Crippen LogP contribution in [0.1, 0.15) is 19.3 Å². The minimum atomic E-state index is -3.55. The Morgan fingerprint density at radius 2 is 2.04 bits per heavy atom. The third-order valence-corrected chi connectivity index (χ3v) is 5.41. The molecule has 1 N–H and O–H groups in total. The summed E-state index contributed by atoms with van der Waals surface area (Å²) in [7, 11) is -3.55. The van der Waals surface area contributed by atoms with Crippen molar-refractivity contribution < 1.29 is 27.1 Å². The van der Waals surface area contributed by atoms with Gasteiger partial charge in [0.2, 0.25) is 5.91 Å². The number of benzene rings is 1. The number of carbonyl (C=O) groups is 1. The van der Waals surface area contributed by atoms with E-state index in [1.165, 1.54) is 12.1 Å². The first kappa shape index (κ1) is 18.8. The third kappa shape index (κ3) is 6.18. The molecule has 0 radical (unpaired) electrons. The maximum Gasteiger partial charge on any atom is 0.246 e. The van der Waals surface area contributed by atoms with Gasteiger partial charge < -0.3 is 14.8 Å². The summed E-state index contributed by atoms with van der Waals surface area (Å²) in [4.78, 5) is 11.7. The van der Waals surface area contributed by atoms with Crippen LogP contribution in [0.4, 0.5) is 4.39 Å². The lowest BCUT2D eigenvalue weighted by Crippen LogP contribution is -2.33. The maximum atomic E-state index is 12.8. The summed E-state index contributed by atoms with van der Waals surface area (Å²) >= 11 is 0. The van der Waals surface area contributed by atoms with E-state index in [4.69, 9.17) is 9.47 Å². The molecule has 2 rings (SSSR count). The molecule has 1 heterocycles. The second-order valence-electron chi connectivity index (χ2n) is 5.63. The van der Waals surface area contributed by atoms with E-state index in [0.717, 1.165) is 38.0 Å². The van der Waals surface area contributed by atoms with Crippen LogP contribution in [0.5, 0.6) is 0 Å². The van der Waals surface area contributed by atoms with E-state index in [1.54, 1.807) is 0 Å². The van der Waals surface area contributed by atoms with Crippen molar-refractivity contribution in [1.29, 1.82) is 0 Å². The minimum absolute atomic E-state index is 0.0260. The molecule has 1 aromatic carbocycles. The molecule has 0 aliphatic carbocycles. The Bertz CT molecular complexity index is 626. The average Bonchev–Trinajstić information content (AvgIpc) is 2.56. The van der Waals surface area contributed by atoms with Crippen LogP contribution in [-0.2, 0) is 24.1 Å². The van der Waals surface area contributed by atoms with Crippen LogP contribution in [0.15, 0.2) is 29.2 Å². The van der Waals surface area contributed by atoms with E-state index in [0.29, 0.717) is 6.61 Å². The number of carbonyl (C=O) groups excluding carboxylic acids is 1. The van der Waals surface area contributed by atoms with Gasteiger partial charge in [-0.1, -0.05) is 0 Å². The zero-order valence-electron chi connectivity index (χ0n) is 13.4. The highest BCUT2D eigenvalue weighted by molar-refractivity contribution is 7.91. The van der Waals surface area contributed by atoms with Crippen molar-refractivity contribution in [2.75, 3.05) is 32.1 Å². The van der Waals surface area contributed by atoms with Crippen molar-refractivity contribution in [3.63, 3.8) is 0 Å². The Hall–Kier alpha value is -1.51. The van der Waals surface area contributed by atoms with E-state index in [-0.39, 0.29) is 35.8 Å². The predicted molar refractivity (Wildman–Crippen MR) is 85.9 cm³/mol. The van der Waals surface area contributed by atoms with Gasteiger partial charge in [0.1, 0.15) is 12.4 Å². The summed E-state index contributed by atoms with van der Waals surface area (Å²) in [6.07, 6.45) is 3.11. The fourth-order valence-electron chi connectivity index (χ4n) is 2.36. The van der Waals surface area contributed by atoms with Gasteiger partial charge in [0.05, 0.1) is 23.4 Å². The van der Waals surface area contributed by atoms with Crippen molar-refractivity contribution in [2.45, 2.75) is 30.3 Å². The predicted octanol–water partition coefficient (Wildman–Crippen LogP) is 1.30. The molecule has 0 aromatic heterocycles. The van der Waals surface area contributed by atoms with Gasteiger partial charge in [-0.3, -0.25) is 4.79 Å². The van der Waals surface area contributed by atoms with Gasteiger partial charge >= 0.3 is 0 Å². The van der Waals surface area contributed by atoms with Crippen molar-refractivity contribution in [3.8, 4) is 0 Å². The van der Waals surface area contributed by atoms with Gasteiger partial charge in [-0.2, -0.15) is 0 Å². The van der Waals surface area contributed by atoms with E-state index in [1.807, 2.05) is 0 Å². The molecule has 1 fully saturated rings. The first-order valence-electron chi connectivity index (χ1n) is 7.92. The summed E-state index contributed by atoms with van der Waals surface area (Å²) in [6, 6.07) is 4.60. The van der Waals surface area contributed by atoms with E-state index >= 15 is 0 Å². The molecule has 0 unspecified atom stereocenters. The van der Waals surface area contributed by atoms with E-state index in [9.17, 15) is 17.6 Å². The Kier molecular flexibility index (Phi) is 7.14. The number of amides is 1. The minimum Gasteiger partial charge on any atom is -0.376 e. The normalized spacial score (nSPS) is 18.3. The second-order valence-corrected chi connectivity index (χ2v) is 7.74. The summed E-state index contributed by atoms with van der Waals surface area (Å²) in [5.41, 5.74) is 0. The Morgan fingerprint density at radius 1 is 1.29 bits per heavy atom. The van der Waals surface area contributed by atoms with Gasteiger partial charge in [0.25, 0.3) is 0 Å². The number of nitrogens with one attached hydrogen (secondary N) is 1. The van der Waals surface area contributed by atoms with Crippen molar-refractivity contribution >= 4 is 15.7 Å². The summed E-state index contributed by atoms with van der Waals surface area (Å²) in [6.45, 7) is 0.932. The molecule has 8 heteroatoms. The van der Waals surface area contributed by atoms with Gasteiger partial charge in [0, 0.05) is 13.2 Å². The number of ether oxygens (including phenoxy) is 2. The summed E-state index contributed by atoms with van der Waals surface area (Å²) in [5, 5.41) is 2.50. The van der Waals surface area contributed by atoms with E-state index in [2.05, 4.69) is 5.32 Å². The SMILES string of the molecule is O=C(COC[C@@H]1CCCCO1)NCCS(=O)(=O)c1ccc(F)cc1. The molecule has 0 saturated carbocycles. The molecule has 0 bridgehead atoms. The molecule has 1 saturated heterocycles. The zero-order chi connectivity index (χ0) is 17.4. The number of hydrogen-bond donors (Lipinski definition) is 1. The molecule has 1 aliphatic rings. The lowest BCUT2D eigenvalue weighted by atomic mass is 10.1. The first-order valence-corrected chi connectivity index (χ1v) is 9.57. The van der Waals surface area contributed by atoms with Crippen molar-refractivity contribution in [3.05, 3.63) is 30.1 Å². The third-order valence-electron chi connectivity index (χ3n) is 3.68. The quantitative estimate of drug-likeness (QED) is 0.708. The van der Waals surface area contributed by atoms with Crippen molar-refractivity contribution in [1.82, 2.24) is 5.32 Å². The van der Waals surface area contributed by atoms with Crippen LogP contribution < -0.4 is 5.32 Å². The highest BCUT2D eigenvalue weighted by Crippen LogP contribution is 2.13. The molecule has 0 spiro atoms. The van der Waals surface area contributed by atoms with Crippen LogP contribution in [0.3, 0.4) is 0 Å². The molecule has 1 atom stereocenters. The molecule has 24 heavy (non-hydrogen) atoms. The number of halogens is 1. The molecule has 1 amide bonds. The van der Waals surface area contributed by atoms with Gasteiger partial charge in [-0.25, -0.2) is 12.8 Å². The largest absolute Gasteiger partial charge is 0.376 e. The number of rotatable bonds is 8. The number of sulfone groups is 1. The molecule has 1 aliphatic heterocycles. The lowest BCUT2D eigenvalue weighted by molar-refractivity contribution is -0.127. The van der Waals surface area contributed by atoms with Crippen LogP contribution in [0.25, 0.3) is 0 Å². The fraction of sp³-hybridized carbons (Fsp3) is 0.562. The Morgan fingerprint density at radius 3 is 2.71 bits per heavy atom. The highest BCUT2D eigenvalue weighted by Gasteiger charge is 2.16. The van der Waals surface area contributed by atoms with Crippen molar-refractivity contribution in [2.24, 2.45) is 0 Å². The topological polar surface area (TPSA) is 81.7 Å². The van der Waals surface area contributed by atoms with E-state index < -0.39 is 15.7 Å². The Balaban J connectivity index is 1.65. The zero-order valence-corrected chi connectivity index (χ0v) is 14.2. The molecular formula is C16H22FNO5S. The Labute approximate surface area is 141 Å². The first-order chi connectivity index (χ1) is 11.5. The summed E-state index contributed by atoms with van der Waals surface area (Å²) in [5.74, 6) is -1.13. The molecular weight excluding hydrogens is 337 g/mol. The lowest BCUT2D eigenvalue weighted by Gasteiger charge is -2.22. The number of hydrogen-bond acceptors (Lipinski definition) is 5. The van der Waals surface area contributed by atoms with Gasteiger partial charge in [-0.05, 0) is 43.5 Å². The summed E-state index contributed by atoms with van der Waals surface area (Å²) < 4.78 is 47.6.